The van der Waals surface area contributed by atoms with Crippen LogP contribution in [0.25, 0.3) is 10.9 Å². The molecule has 128 valence electrons. The lowest BCUT2D eigenvalue weighted by molar-refractivity contribution is -0.132. The Labute approximate surface area is 145 Å². The summed E-state index contributed by atoms with van der Waals surface area (Å²) in [7, 11) is 1.66. The quantitative estimate of drug-likeness (QED) is 0.779. The number of nitrogens with zero attached hydrogens (tertiary/aromatic N) is 1. The van der Waals surface area contributed by atoms with Gasteiger partial charge in [-0.05, 0) is 36.1 Å². The molecule has 1 aromatic heterocycles. The summed E-state index contributed by atoms with van der Waals surface area (Å²) in [5, 5.41) is 0.955. The van der Waals surface area contributed by atoms with Crippen LogP contribution in [-0.4, -0.2) is 29.4 Å². The number of carbonyl (C=O) groups excluding carboxylic acids is 1. The summed E-state index contributed by atoms with van der Waals surface area (Å²) in [6.07, 6.45) is 0. The fraction of sp³-hybridized carbons (Fsp3) is 0.200. The highest BCUT2D eigenvalue weighted by Crippen LogP contribution is 2.15. The lowest BCUT2D eigenvalue weighted by Gasteiger charge is -2.17. The van der Waals surface area contributed by atoms with Crippen molar-refractivity contribution < 1.29 is 9.53 Å². The minimum absolute atomic E-state index is 0.0644. The molecule has 0 saturated heterocycles. The number of aryl methyl sites for hydroxylation is 1. The zero-order chi connectivity index (χ0) is 17.8. The second-order valence-corrected chi connectivity index (χ2v) is 6.01. The van der Waals surface area contributed by atoms with Crippen LogP contribution in [0, 0.1) is 6.92 Å². The van der Waals surface area contributed by atoms with E-state index < -0.39 is 0 Å². The molecule has 0 bridgehead atoms. The molecule has 3 rings (SSSR count). The largest absolute Gasteiger partial charge is 0.484 e. The molecule has 1 N–H and O–H groups in total. The van der Waals surface area contributed by atoms with Gasteiger partial charge in [-0.2, -0.15) is 0 Å². The van der Waals surface area contributed by atoms with E-state index >= 15 is 0 Å². The van der Waals surface area contributed by atoms with Crippen molar-refractivity contribution in [2.24, 2.45) is 0 Å². The average Bonchev–Trinajstić information content (AvgIpc) is 2.62. The Kier molecular flexibility index (Phi) is 4.84. The summed E-state index contributed by atoms with van der Waals surface area (Å²) in [5.74, 6) is 0.455. The van der Waals surface area contributed by atoms with Gasteiger partial charge in [0.2, 0.25) is 0 Å². The first-order valence-corrected chi connectivity index (χ1v) is 8.08. The first-order valence-electron chi connectivity index (χ1n) is 8.08. The Morgan fingerprint density at radius 2 is 1.88 bits per heavy atom. The van der Waals surface area contributed by atoms with Gasteiger partial charge in [-0.15, -0.1) is 0 Å². The van der Waals surface area contributed by atoms with Gasteiger partial charge in [0.25, 0.3) is 11.5 Å². The molecule has 0 aliphatic carbocycles. The number of aromatic amines is 1. The van der Waals surface area contributed by atoms with Crippen LogP contribution in [-0.2, 0) is 11.3 Å². The molecule has 2 aromatic carbocycles. The van der Waals surface area contributed by atoms with E-state index in [-0.39, 0.29) is 24.6 Å². The highest BCUT2D eigenvalue weighted by Gasteiger charge is 2.13. The summed E-state index contributed by atoms with van der Waals surface area (Å²) >= 11 is 0. The van der Waals surface area contributed by atoms with Crippen molar-refractivity contribution >= 4 is 16.8 Å². The minimum atomic E-state index is -0.187. The fourth-order valence-electron chi connectivity index (χ4n) is 2.66. The van der Waals surface area contributed by atoms with Gasteiger partial charge in [-0.1, -0.05) is 36.4 Å². The van der Waals surface area contributed by atoms with Crippen molar-refractivity contribution in [3.63, 3.8) is 0 Å². The molecule has 1 heterocycles. The molecule has 0 aliphatic heterocycles. The van der Waals surface area contributed by atoms with Crippen LogP contribution in [0.5, 0.6) is 5.75 Å². The molecule has 0 radical (unpaired) electrons. The average molecular weight is 336 g/mol. The number of nitrogens with one attached hydrogen (secondary N) is 1. The standard InChI is InChI=1S/C20H20N2O3/c1-14-7-6-8-15-11-16(20(24)21-19(14)15)12-22(2)18(23)13-25-17-9-4-3-5-10-17/h3-11H,12-13H2,1-2H3,(H,21,24). The molecule has 3 aromatic rings. The van der Waals surface area contributed by atoms with Crippen LogP contribution in [0.2, 0.25) is 0 Å². The first kappa shape index (κ1) is 16.8. The second-order valence-electron chi connectivity index (χ2n) is 6.01. The number of hydrogen-bond acceptors (Lipinski definition) is 3. The molecular weight excluding hydrogens is 316 g/mol. The highest BCUT2D eigenvalue weighted by atomic mass is 16.5. The van der Waals surface area contributed by atoms with E-state index in [0.29, 0.717) is 11.3 Å². The lowest BCUT2D eigenvalue weighted by Crippen LogP contribution is -2.33. The van der Waals surface area contributed by atoms with E-state index in [1.54, 1.807) is 19.2 Å². The van der Waals surface area contributed by atoms with Gasteiger partial charge in [0.05, 0.1) is 12.1 Å². The van der Waals surface area contributed by atoms with Gasteiger partial charge in [-0.25, -0.2) is 0 Å². The van der Waals surface area contributed by atoms with Crippen molar-refractivity contribution in [2.45, 2.75) is 13.5 Å². The molecule has 25 heavy (non-hydrogen) atoms. The zero-order valence-electron chi connectivity index (χ0n) is 14.3. The third-order valence-corrected chi connectivity index (χ3v) is 4.10. The van der Waals surface area contributed by atoms with Gasteiger partial charge in [0, 0.05) is 12.6 Å². The Balaban J connectivity index is 1.71. The fourth-order valence-corrected chi connectivity index (χ4v) is 2.66. The number of carbonyl (C=O) groups is 1. The highest BCUT2D eigenvalue weighted by molar-refractivity contribution is 5.82. The van der Waals surface area contributed by atoms with Gasteiger partial charge in [-0.3, -0.25) is 9.59 Å². The maximum atomic E-state index is 12.3. The number of pyridine rings is 1. The maximum absolute atomic E-state index is 12.3. The van der Waals surface area contributed by atoms with Crippen LogP contribution < -0.4 is 10.3 Å². The molecule has 0 aliphatic rings. The van der Waals surface area contributed by atoms with Crippen LogP contribution in [0.1, 0.15) is 11.1 Å². The van der Waals surface area contributed by atoms with Gasteiger partial charge in [0.15, 0.2) is 6.61 Å². The molecule has 0 fully saturated rings. The third-order valence-electron chi connectivity index (χ3n) is 4.10. The van der Waals surface area contributed by atoms with Crippen molar-refractivity contribution in [3.05, 3.63) is 76.1 Å². The van der Waals surface area contributed by atoms with E-state index in [2.05, 4.69) is 4.98 Å². The Hall–Kier alpha value is -3.08. The predicted octanol–water partition coefficient (Wildman–Crippen LogP) is 2.87. The van der Waals surface area contributed by atoms with Crippen LogP contribution >= 0.6 is 0 Å². The number of rotatable bonds is 5. The van der Waals surface area contributed by atoms with E-state index in [4.69, 9.17) is 4.74 Å². The van der Waals surface area contributed by atoms with E-state index in [9.17, 15) is 9.59 Å². The van der Waals surface area contributed by atoms with Crippen molar-refractivity contribution in [3.8, 4) is 5.75 Å². The molecule has 0 spiro atoms. The Morgan fingerprint density at radius 1 is 1.12 bits per heavy atom. The van der Waals surface area contributed by atoms with E-state index in [0.717, 1.165) is 16.5 Å². The van der Waals surface area contributed by atoms with Crippen molar-refractivity contribution in [2.75, 3.05) is 13.7 Å². The number of H-pyrrole nitrogens is 1. The summed E-state index contributed by atoms with van der Waals surface area (Å²) < 4.78 is 5.47. The smallest absolute Gasteiger partial charge is 0.260 e. The number of likely N-dealkylation sites (N-methyl/N-ethyl adjacent to an activating group) is 1. The molecule has 0 saturated carbocycles. The maximum Gasteiger partial charge on any atom is 0.260 e. The molecular formula is C20H20N2O3. The predicted molar refractivity (Wildman–Crippen MR) is 97.7 cm³/mol. The zero-order valence-corrected chi connectivity index (χ0v) is 14.3. The summed E-state index contributed by atoms with van der Waals surface area (Å²) in [6, 6.07) is 16.9. The number of benzene rings is 2. The number of aromatic nitrogens is 1. The van der Waals surface area contributed by atoms with Crippen LogP contribution in [0.3, 0.4) is 0 Å². The van der Waals surface area contributed by atoms with E-state index in [1.807, 2.05) is 49.4 Å². The number of hydrogen-bond donors (Lipinski definition) is 1. The molecule has 0 unspecified atom stereocenters. The minimum Gasteiger partial charge on any atom is -0.484 e. The number of para-hydroxylation sites is 2. The van der Waals surface area contributed by atoms with Crippen LogP contribution in [0.15, 0.2) is 59.4 Å². The lowest BCUT2D eigenvalue weighted by atomic mass is 10.1. The topological polar surface area (TPSA) is 62.4 Å². The summed E-state index contributed by atoms with van der Waals surface area (Å²) in [4.78, 5) is 28.9. The van der Waals surface area contributed by atoms with Gasteiger partial charge < -0.3 is 14.6 Å². The normalized spacial score (nSPS) is 10.6. The van der Waals surface area contributed by atoms with Gasteiger partial charge >= 0.3 is 0 Å². The first-order chi connectivity index (χ1) is 12.0. The monoisotopic (exact) mass is 336 g/mol. The SMILES string of the molecule is Cc1cccc2cc(CN(C)C(=O)COc3ccccc3)c(=O)[nH]c12. The summed E-state index contributed by atoms with van der Waals surface area (Å²) in [6.45, 7) is 2.12. The third kappa shape index (κ3) is 3.88. The Bertz CT molecular complexity index is 948. The number of amides is 1. The molecule has 0 atom stereocenters. The van der Waals surface area contributed by atoms with E-state index in [1.165, 1.54) is 4.90 Å². The Morgan fingerprint density at radius 3 is 2.64 bits per heavy atom. The number of ether oxygens (including phenoxy) is 1. The summed E-state index contributed by atoms with van der Waals surface area (Å²) in [5.41, 5.74) is 2.22. The number of fused-ring (bicyclic) bond motifs is 1. The van der Waals surface area contributed by atoms with Crippen molar-refractivity contribution in [1.29, 1.82) is 0 Å². The molecule has 5 nitrogen and oxygen atoms in total. The second kappa shape index (κ2) is 7.21. The molecule has 1 amide bonds. The van der Waals surface area contributed by atoms with Crippen molar-refractivity contribution in [1.82, 2.24) is 9.88 Å². The van der Waals surface area contributed by atoms with Crippen LogP contribution in [0.4, 0.5) is 0 Å². The molecule has 5 heteroatoms. The van der Waals surface area contributed by atoms with Gasteiger partial charge in [0.1, 0.15) is 5.75 Å².